The number of ether oxygens (including phenoxy) is 1. The van der Waals surface area contributed by atoms with Crippen molar-refractivity contribution in [3.05, 3.63) is 45.9 Å². The molecule has 0 bridgehead atoms. The highest BCUT2D eigenvalue weighted by Crippen LogP contribution is 2.16. The van der Waals surface area contributed by atoms with E-state index in [2.05, 4.69) is 4.98 Å². The lowest BCUT2D eigenvalue weighted by molar-refractivity contribution is 0.0691. The highest BCUT2D eigenvalue weighted by Gasteiger charge is 2.08. The monoisotopic (exact) mass is 260 g/mol. The third-order valence-corrected chi connectivity index (χ3v) is 2.92. The second-order valence-corrected chi connectivity index (χ2v) is 4.30. The van der Waals surface area contributed by atoms with Crippen LogP contribution in [0.4, 0.5) is 0 Å². The van der Waals surface area contributed by atoms with E-state index in [1.807, 2.05) is 6.07 Å². The Labute approximate surface area is 107 Å². The predicted molar refractivity (Wildman–Crippen MR) is 64.6 cm³/mol. The van der Waals surface area contributed by atoms with Crippen LogP contribution >= 0.6 is 11.3 Å². The molecule has 6 heteroatoms. The molecular formula is C12H8N2O3S. The fraction of sp³-hybridized carbons (Fsp3) is 0.0833. The van der Waals surface area contributed by atoms with Crippen molar-refractivity contribution in [1.29, 1.82) is 5.26 Å². The van der Waals surface area contributed by atoms with Gasteiger partial charge in [-0.25, -0.2) is 9.78 Å². The third-order valence-electron chi connectivity index (χ3n) is 2.10. The van der Waals surface area contributed by atoms with Crippen LogP contribution in [0, 0.1) is 11.3 Å². The second kappa shape index (κ2) is 5.29. The number of nitriles is 1. The summed E-state index contributed by atoms with van der Waals surface area (Å²) >= 11 is 1.23. The normalized spacial score (nSPS) is 9.72. The van der Waals surface area contributed by atoms with Crippen LogP contribution in [0.15, 0.2) is 29.6 Å². The molecule has 0 aliphatic heterocycles. The second-order valence-electron chi connectivity index (χ2n) is 3.36. The van der Waals surface area contributed by atoms with Crippen LogP contribution in [-0.4, -0.2) is 16.1 Å². The standard InChI is InChI=1S/C12H8N2O3S/c13-5-8-2-1-3-9(4-8)17-6-11-14-10(7-18-11)12(15)16/h1-4,7H,6H2,(H,15,16). The van der Waals surface area contributed by atoms with Crippen LogP contribution in [0.3, 0.4) is 0 Å². The summed E-state index contributed by atoms with van der Waals surface area (Å²) in [6, 6.07) is 8.76. The number of benzene rings is 1. The van der Waals surface area contributed by atoms with Crippen molar-refractivity contribution >= 4 is 17.3 Å². The molecule has 0 spiro atoms. The molecule has 0 atom stereocenters. The third kappa shape index (κ3) is 2.84. The summed E-state index contributed by atoms with van der Waals surface area (Å²) in [6.07, 6.45) is 0. The van der Waals surface area contributed by atoms with Gasteiger partial charge in [0, 0.05) is 5.38 Å². The topological polar surface area (TPSA) is 83.2 Å². The summed E-state index contributed by atoms with van der Waals surface area (Å²) in [7, 11) is 0. The SMILES string of the molecule is N#Cc1cccc(OCc2nc(C(=O)O)cs2)c1. The molecule has 90 valence electrons. The van der Waals surface area contributed by atoms with Gasteiger partial charge in [-0.2, -0.15) is 5.26 Å². The molecule has 0 radical (unpaired) electrons. The molecule has 2 aromatic rings. The largest absolute Gasteiger partial charge is 0.486 e. The van der Waals surface area contributed by atoms with E-state index in [-0.39, 0.29) is 12.3 Å². The zero-order valence-electron chi connectivity index (χ0n) is 9.16. The van der Waals surface area contributed by atoms with Crippen molar-refractivity contribution in [3.8, 4) is 11.8 Å². The molecular weight excluding hydrogens is 252 g/mol. The number of hydrogen-bond acceptors (Lipinski definition) is 5. The Hall–Kier alpha value is -2.39. The van der Waals surface area contributed by atoms with E-state index >= 15 is 0 Å². The molecule has 5 nitrogen and oxygen atoms in total. The van der Waals surface area contributed by atoms with Gasteiger partial charge in [0.1, 0.15) is 17.4 Å². The fourth-order valence-corrected chi connectivity index (χ4v) is 1.96. The van der Waals surface area contributed by atoms with Gasteiger partial charge in [-0.05, 0) is 18.2 Å². The summed E-state index contributed by atoms with van der Waals surface area (Å²) in [5, 5.41) is 19.5. The van der Waals surface area contributed by atoms with Crippen LogP contribution in [0.5, 0.6) is 5.75 Å². The summed E-state index contributed by atoms with van der Waals surface area (Å²) in [6.45, 7) is 0.187. The first kappa shape index (κ1) is 12.1. The maximum Gasteiger partial charge on any atom is 0.355 e. The Morgan fingerprint density at radius 1 is 1.56 bits per heavy atom. The van der Waals surface area contributed by atoms with Crippen LogP contribution in [0.1, 0.15) is 21.1 Å². The van der Waals surface area contributed by atoms with Gasteiger partial charge in [0.25, 0.3) is 0 Å². The van der Waals surface area contributed by atoms with E-state index in [1.165, 1.54) is 16.7 Å². The first-order chi connectivity index (χ1) is 8.69. The molecule has 2 rings (SSSR count). The van der Waals surface area contributed by atoms with Crippen molar-refractivity contribution in [1.82, 2.24) is 4.98 Å². The van der Waals surface area contributed by atoms with Gasteiger partial charge < -0.3 is 9.84 Å². The van der Waals surface area contributed by atoms with Crippen molar-refractivity contribution in [2.75, 3.05) is 0 Å². The lowest BCUT2D eigenvalue weighted by atomic mass is 10.2. The van der Waals surface area contributed by atoms with E-state index in [1.54, 1.807) is 24.3 Å². The number of nitrogens with zero attached hydrogens (tertiary/aromatic N) is 2. The Morgan fingerprint density at radius 3 is 3.06 bits per heavy atom. The van der Waals surface area contributed by atoms with Crippen molar-refractivity contribution in [2.24, 2.45) is 0 Å². The fourth-order valence-electron chi connectivity index (χ4n) is 1.28. The average molecular weight is 260 g/mol. The number of carbonyl (C=O) groups is 1. The summed E-state index contributed by atoms with van der Waals surface area (Å²) in [5.41, 5.74) is 0.530. The molecule has 1 heterocycles. The van der Waals surface area contributed by atoms with E-state index in [0.717, 1.165) is 0 Å². The van der Waals surface area contributed by atoms with Gasteiger partial charge in [0.2, 0.25) is 0 Å². The molecule has 0 amide bonds. The Morgan fingerprint density at radius 2 is 2.39 bits per heavy atom. The average Bonchev–Trinajstić information content (AvgIpc) is 2.85. The molecule has 0 unspecified atom stereocenters. The van der Waals surface area contributed by atoms with Gasteiger partial charge in [0.15, 0.2) is 5.69 Å². The Balaban J connectivity index is 2.02. The van der Waals surface area contributed by atoms with Gasteiger partial charge in [-0.3, -0.25) is 0 Å². The number of thiazole rings is 1. The maximum atomic E-state index is 10.6. The maximum absolute atomic E-state index is 10.6. The van der Waals surface area contributed by atoms with Gasteiger partial charge in [0.05, 0.1) is 11.6 Å². The minimum absolute atomic E-state index is 0.0179. The molecule has 0 fully saturated rings. The molecule has 0 aliphatic carbocycles. The van der Waals surface area contributed by atoms with Crippen LogP contribution in [0.25, 0.3) is 0 Å². The Bertz CT molecular complexity index is 616. The molecule has 1 aromatic heterocycles. The minimum Gasteiger partial charge on any atom is -0.486 e. The van der Waals surface area contributed by atoms with Crippen LogP contribution < -0.4 is 4.74 Å². The molecule has 0 aliphatic rings. The molecule has 1 aromatic carbocycles. The smallest absolute Gasteiger partial charge is 0.355 e. The highest BCUT2D eigenvalue weighted by molar-refractivity contribution is 7.09. The van der Waals surface area contributed by atoms with Crippen molar-refractivity contribution in [2.45, 2.75) is 6.61 Å². The first-order valence-corrected chi connectivity index (χ1v) is 5.87. The van der Waals surface area contributed by atoms with Gasteiger partial charge in [-0.15, -0.1) is 11.3 Å². The summed E-state index contributed by atoms with van der Waals surface area (Å²) in [5.74, 6) is -0.495. The number of carboxylic acids is 1. The van der Waals surface area contributed by atoms with E-state index in [9.17, 15) is 4.79 Å². The van der Waals surface area contributed by atoms with E-state index in [0.29, 0.717) is 16.3 Å². The van der Waals surface area contributed by atoms with Crippen LogP contribution in [0.2, 0.25) is 0 Å². The van der Waals surface area contributed by atoms with Crippen LogP contribution in [-0.2, 0) is 6.61 Å². The molecule has 18 heavy (non-hydrogen) atoms. The zero-order valence-corrected chi connectivity index (χ0v) is 9.98. The summed E-state index contributed by atoms with van der Waals surface area (Å²) < 4.78 is 5.43. The summed E-state index contributed by atoms with van der Waals surface area (Å²) in [4.78, 5) is 14.5. The molecule has 0 saturated carbocycles. The number of hydrogen-bond donors (Lipinski definition) is 1. The van der Waals surface area contributed by atoms with Crippen molar-refractivity contribution < 1.29 is 14.6 Å². The van der Waals surface area contributed by atoms with E-state index in [4.69, 9.17) is 15.1 Å². The first-order valence-electron chi connectivity index (χ1n) is 4.99. The highest BCUT2D eigenvalue weighted by atomic mass is 32.1. The number of carboxylic acid groups (broad SMARTS) is 1. The Kier molecular flexibility index (Phi) is 3.55. The van der Waals surface area contributed by atoms with Gasteiger partial charge in [-0.1, -0.05) is 6.07 Å². The lowest BCUT2D eigenvalue weighted by Crippen LogP contribution is -1.99. The molecule has 1 N–H and O–H groups in total. The zero-order chi connectivity index (χ0) is 13.0. The van der Waals surface area contributed by atoms with Gasteiger partial charge >= 0.3 is 5.97 Å². The number of aromatic carboxylic acids is 1. The lowest BCUT2D eigenvalue weighted by Gasteiger charge is -2.03. The quantitative estimate of drug-likeness (QED) is 0.911. The predicted octanol–water partition coefficient (Wildman–Crippen LogP) is 2.29. The van der Waals surface area contributed by atoms with Crippen molar-refractivity contribution in [3.63, 3.8) is 0 Å². The molecule has 0 saturated heterocycles. The number of aromatic nitrogens is 1. The number of rotatable bonds is 4. The minimum atomic E-state index is -1.05. The van der Waals surface area contributed by atoms with E-state index < -0.39 is 5.97 Å².